The summed E-state index contributed by atoms with van der Waals surface area (Å²) < 4.78 is 10.3. The van der Waals surface area contributed by atoms with Crippen LogP contribution in [0.25, 0.3) is 0 Å². The SMILES string of the molecule is O=[N+]([O-])c1ccccc1OC1COC1. The molecule has 1 saturated heterocycles. The molecule has 0 radical (unpaired) electrons. The molecule has 0 spiro atoms. The lowest BCUT2D eigenvalue weighted by Gasteiger charge is -2.26. The van der Waals surface area contributed by atoms with E-state index in [2.05, 4.69) is 0 Å². The fourth-order valence-corrected chi connectivity index (χ4v) is 1.17. The maximum atomic E-state index is 10.6. The summed E-state index contributed by atoms with van der Waals surface area (Å²) in [5.41, 5.74) is -0.000556. The number of nitro benzene ring substituents is 1. The fourth-order valence-electron chi connectivity index (χ4n) is 1.17. The summed E-state index contributed by atoms with van der Waals surface area (Å²) in [7, 11) is 0. The van der Waals surface area contributed by atoms with Gasteiger partial charge in [0, 0.05) is 6.07 Å². The van der Waals surface area contributed by atoms with Gasteiger partial charge in [0.25, 0.3) is 0 Å². The Labute approximate surface area is 80.4 Å². The lowest BCUT2D eigenvalue weighted by molar-refractivity contribution is -0.386. The summed E-state index contributed by atoms with van der Waals surface area (Å²) in [6.07, 6.45) is -0.0453. The van der Waals surface area contributed by atoms with Crippen molar-refractivity contribution in [3.63, 3.8) is 0 Å². The third kappa shape index (κ3) is 1.67. The maximum absolute atomic E-state index is 10.6. The zero-order chi connectivity index (χ0) is 9.97. The molecule has 1 aromatic carbocycles. The summed E-state index contributed by atoms with van der Waals surface area (Å²) in [5, 5.41) is 10.6. The van der Waals surface area contributed by atoms with Gasteiger partial charge in [0.05, 0.1) is 18.1 Å². The minimum absolute atomic E-state index is 0.000556. The van der Waals surface area contributed by atoms with Crippen LogP contribution in [0, 0.1) is 10.1 Å². The Morgan fingerprint density at radius 2 is 2.14 bits per heavy atom. The van der Waals surface area contributed by atoms with Crippen LogP contribution < -0.4 is 4.74 Å². The second kappa shape index (κ2) is 3.63. The van der Waals surface area contributed by atoms with Crippen LogP contribution in [0.1, 0.15) is 0 Å². The zero-order valence-electron chi connectivity index (χ0n) is 7.38. The van der Waals surface area contributed by atoms with Gasteiger partial charge in [-0.3, -0.25) is 10.1 Å². The first kappa shape index (κ1) is 8.96. The van der Waals surface area contributed by atoms with Crippen LogP contribution in [-0.2, 0) is 4.74 Å². The van der Waals surface area contributed by atoms with Gasteiger partial charge in [-0.2, -0.15) is 0 Å². The van der Waals surface area contributed by atoms with Gasteiger partial charge >= 0.3 is 5.69 Å². The smallest absolute Gasteiger partial charge is 0.310 e. The van der Waals surface area contributed by atoms with E-state index in [1.807, 2.05) is 0 Å². The highest BCUT2D eigenvalue weighted by Gasteiger charge is 2.23. The monoisotopic (exact) mass is 195 g/mol. The van der Waals surface area contributed by atoms with E-state index in [0.717, 1.165) is 0 Å². The lowest BCUT2D eigenvalue weighted by atomic mass is 10.2. The van der Waals surface area contributed by atoms with Gasteiger partial charge in [-0.15, -0.1) is 0 Å². The highest BCUT2D eigenvalue weighted by Crippen LogP contribution is 2.27. The standard InChI is InChI=1S/C9H9NO4/c11-10(12)8-3-1-2-4-9(8)14-7-5-13-6-7/h1-4,7H,5-6H2. The number of benzene rings is 1. The Morgan fingerprint density at radius 3 is 2.71 bits per heavy atom. The quantitative estimate of drug-likeness (QED) is 0.539. The topological polar surface area (TPSA) is 61.6 Å². The molecule has 0 saturated carbocycles. The number of nitrogens with zero attached hydrogens (tertiary/aromatic N) is 1. The molecule has 1 aromatic rings. The van der Waals surface area contributed by atoms with E-state index in [1.54, 1.807) is 18.2 Å². The number of hydrogen-bond acceptors (Lipinski definition) is 4. The number of hydrogen-bond donors (Lipinski definition) is 0. The molecule has 74 valence electrons. The first-order chi connectivity index (χ1) is 6.77. The van der Waals surface area contributed by atoms with E-state index in [1.165, 1.54) is 6.07 Å². The van der Waals surface area contributed by atoms with Crippen LogP contribution in [-0.4, -0.2) is 24.2 Å². The molecule has 5 heteroatoms. The van der Waals surface area contributed by atoms with Gasteiger partial charge in [0.1, 0.15) is 6.10 Å². The largest absolute Gasteiger partial charge is 0.479 e. The first-order valence-electron chi connectivity index (χ1n) is 4.25. The molecule has 5 nitrogen and oxygen atoms in total. The molecule has 1 aliphatic rings. The van der Waals surface area contributed by atoms with Crippen LogP contribution in [0.3, 0.4) is 0 Å². The summed E-state index contributed by atoms with van der Waals surface area (Å²) in [4.78, 5) is 10.2. The Balaban J connectivity index is 2.17. The van der Waals surface area contributed by atoms with Crippen molar-refractivity contribution in [3.8, 4) is 5.75 Å². The van der Waals surface area contributed by atoms with Gasteiger partial charge in [-0.25, -0.2) is 0 Å². The van der Waals surface area contributed by atoms with Crippen molar-refractivity contribution in [2.75, 3.05) is 13.2 Å². The Kier molecular flexibility index (Phi) is 2.32. The minimum Gasteiger partial charge on any atom is -0.479 e. The molecule has 1 aliphatic heterocycles. The average molecular weight is 195 g/mol. The molecule has 0 aliphatic carbocycles. The second-order valence-corrected chi connectivity index (χ2v) is 3.00. The van der Waals surface area contributed by atoms with Gasteiger partial charge in [-0.05, 0) is 6.07 Å². The van der Waals surface area contributed by atoms with Gasteiger partial charge in [0.2, 0.25) is 0 Å². The highest BCUT2D eigenvalue weighted by atomic mass is 16.6. The molecular formula is C9H9NO4. The number of nitro groups is 1. The van der Waals surface area contributed by atoms with Crippen molar-refractivity contribution in [3.05, 3.63) is 34.4 Å². The molecule has 0 N–H and O–H groups in total. The van der Waals surface area contributed by atoms with E-state index < -0.39 is 4.92 Å². The molecule has 0 atom stereocenters. The molecule has 14 heavy (non-hydrogen) atoms. The van der Waals surface area contributed by atoms with Crippen LogP contribution in [0.15, 0.2) is 24.3 Å². The van der Waals surface area contributed by atoms with Crippen LogP contribution in [0.5, 0.6) is 5.75 Å². The summed E-state index contributed by atoms with van der Waals surface area (Å²) in [6.45, 7) is 1.01. The number of ether oxygens (including phenoxy) is 2. The summed E-state index contributed by atoms with van der Waals surface area (Å²) in [6, 6.07) is 6.34. The molecular weight excluding hydrogens is 186 g/mol. The zero-order valence-corrected chi connectivity index (χ0v) is 7.38. The first-order valence-corrected chi connectivity index (χ1v) is 4.25. The molecule has 0 bridgehead atoms. The number of rotatable bonds is 3. The molecule has 1 fully saturated rings. The molecule has 0 aromatic heterocycles. The van der Waals surface area contributed by atoms with E-state index in [4.69, 9.17) is 9.47 Å². The van der Waals surface area contributed by atoms with E-state index in [-0.39, 0.29) is 11.8 Å². The molecule has 1 heterocycles. The van der Waals surface area contributed by atoms with Gasteiger partial charge in [0.15, 0.2) is 5.75 Å². The van der Waals surface area contributed by atoms with Crippen molar-refractivity contribution in [2.45, 2.75) is 6.10 Å². The Hall–Kier alpha value is -1.62. The van der Waals surface area contributed by atoms with E-state index in [0.29, 0.717) is 19.0 Å². The van der Waals surface area contributed by atoms with E-state index in [9.17, 15) is 10.1 Å². The Morgan fingerprint density at radius 1 is 1.43 bits per heavy atom. The summed E-state index contributed by atoms with van der Waals surface area (Å²) in [5.74, 6) is 0.311. The molecule has 2 rings (SSSR count). The van der Waals surface area contributed by atoms with Crippen LogP contribution >= 0.6 is 0 Å². The summed E-state index contributed by atoms with van der Waals surface area (Å²) >= 11 is 0. The highest BCUT2D eigenvalue weighted by molar-refractivity contribution is 5.45. The lowest BCUT2D eigenvalue weighted by Crippen LogP contribution is -2.38. The second-order valence-electron chi connectivity index (χ2n) is 3.00. The number of para-hydroxylation sites is 2. The van der Waals surface area contributed by atoms with Crippen LogP contribution in [0.2, 0.25) is 0 Å². The maximum Gasteiger partial charge on any atom is 0.310 e. The van der Waals surface area contributed by atoms with Crippen molar-refractivity contribution in [2.24, 2.45) is 0 Å². The van der Waals surface area contributed by atoms with Crippen LogP contribution in [0.4, 0.5) is 5.69 Å². The van der Waals surface area contributed by atoms with Gasteiger partial charge < -0.3 is 9.47 Å². The average Bonchev–Trinajstić information content (AvgIpc) is 2.12. The third-order valence-electron chi connectivity index (χ3n) is 1.96. The Bertz CT molecular complexity index is 348. The van der Waals surface area contributed by atoms with Crippen molar-refractivity contribution < 1.29 is 14.4 Å². The van der Waals surface area contributed by atoms with Gasteiger partial charge in [-0.1, -0.05) is 12.1 Å². The normalized spacial score (nSPS) is 16.0. The van der Waals surface area contributed by atoms with Crippen molar-refractivity contribution in [1.29, 1.82) is 0 Å². The predicted molar refractivity (Wildman–Crippen MR) is 48.3 cm³/mol. The minimum atomic E-state index is -0.450. The van der Waals surface area contributed by atoms with Crippen molar-refractivity contribution in [1.82, 2.24) is 0 Å². The fraction of sp³-hybridized carbons (Fsp3) is 0.333. The predicted octanol–water partition coefficient (Wildman–Crippen LogP) is 1.37. The molecule has 0 amide bonds. The molecule has 0 unspecified atom stereocenters. The van der Waals surface area contributed by atoms with Crippen molar-refractivity contribution >= 4 is 5.69 Å². The third-order valence-corrected chi connectivity index (χ3v) is 1.96. The van der Waals surface area contributed by atoms with E-state index >= 15 is 0 Å².